The number of cyclic esters (lactones) is 4. The van der Waals surface area contributed by atoms with E-state index in [2.05, 4.69) is 9.47 Å². The molecule has 1 aromatic rings. The van der Waals surface area contributed by atoms with Gasteiger partial charge in [0.05, 0.1) is 40.2 Å². The van der Waals surface area contributed by atoms with Gasteiger partial charge in [0, 0.05) is 5.57 Å². The van der Waals surface area contributed by atoms with Gasteiger partial charge in [-0.2, -0.15) is 0 Å². The fraction of sp³-hybridized carbons (Fsp3) is 0.304. The number of carbonyl (C=O) groups is 8. The number of ether oxygens (including phenoxy) is 2. The van der Waals surface area contributed by atoms with Crippen molar-refractivity contribution in [1.82, 2.24) is 0 Å². The van der Waals surface area contributed by atoms with Crippen LogP contribution < -0.4 is 0 Å². The normalized spacial score (nSPS) is 22.5. The Bertz CT molecular complexity index is 1270. The summed E-state index contributed by atoms with van der Waals surface area (Å²) in [6.45, 7) is 1.82. The molecule has 3 atom stereocenters. The molecule has 194 valence electrons. The maximum atomic E-state index is 11.6. The zero-order chi connectivity index (χ0) is 27.8. The minimum atomic E-state index is -1.83. The van der Waals surface area contributed by atoms with E-state index in [4.69, 9.17) is 20.4 Å². The Morgan fingerprint density at radius 2 is 1.27 bits per heavy atom. The van der Waals surface area contributed by atoms with Gasteiger partial charge in [-0.3, -0.25) is 9.59 Å². The average Bonchev–Trinajstić information content (AvgIpc) is 3.29. The van der Waals surface area contributed by atoms with Gasteiger partial charge in [0.25, 0.3) is 0 Å². The number of hydrogen-bond acceptors (Lipinski definition) is 10. The average molecular weight is 518 g/mol. The Morgan fingerprint density at radius 1 is 0.757 bits per heavy atom. The summed E-state index contributed by atoms with van der Waals surface area (Å²) in [6, 6.07) is 1.48. The van der Waals surface area contributed by atoms with Crippen molar-refractivity contribution in [2.45, 2.75) is 26.2 Å². The van der Waals surface area contributed by atoms with Gasteiger partial charge in [-0.1, -0.05) is 6.92 Å². The molecule has 0 aromatic heterocycles. The summed E-state index contributed by atoms with van der Waals surface area (Å²) in [6.07, 6.45) is 0.938. The Morgan fingerprint density at radius 3 is 1.68 bits per heavy atom. The molecule has 2 aliphatic heterocycles. The van der Waals surface area contributed by atoms with E-state index < -0.39 is 75.9 Å². The molecule has 1 aliphatic carbocycles. The molecule has 37 heavy (non-hydrogen) atoms. The third-order valence-electron chi connectivity index (χ3n) is 6.16. The molecule has 3 unspecified atom stereocenters. The van der Waals surface area contributed by atoms with E-state index in [9.17, 15) is 38.4 Å². The zero-order valence-electron chi connectivity index (χ0n) is 18.9. The highest BCUT2D eigenvalue weighted by molar-refractivity contribution is 6.14. The van der Waals surface area contributed by atoms with Crippen molar-refractivity contribution >= 4 is 47.8 Å². The number of esters is 4. The van der Waals surface area contributed by atoms with Gasteiger partial charge in [-0.05, 0) is 36.8 Å². The second-order valence-electron chi connectivity index (χ2n) is 8.41. The molecular formula is C23H18O14. The van der Waals surface area contributed by atoms with Crippen LogP contribution in [0.15, 0.2) is 23.3 Å². The quantitative estimate of drug-likeness (QED) is 0.314. The van der Waals surface area contributed by atoms with Gasteiger partial charge in [0.15, 0.2) is 0 Å². The van der Waals surface area contributed by atoms with Crippen LogP contribution in [0.4, 0.5) is 0 Å². The van der Waals surface area contributed by atoms with Gasteiger partial charge < -0.3 is 29.9 Å². The molecular weight excluding hydrogens is 500 g/mol. The molecule has 14 heteroatoms. The second-order valence-corrected chi connectivity index (χ2v) is 8.41. The van der Waals surface area contributed by atoms with Gasteiger partial charge in [0.2, 0.25) is 0 Å². The Balaban J connectivity index is 0.000000206. The molecule has 0 spiro atoms. The minimum absolute atomic E-state index is 0.0574. The number of aromatic carboxylic acids is 4. The van der Waals surface area contributed by atoms with E-state index in [0.717, 1.165) is 12.1 Å². The number of carbonyl (C=O) groups excluding carboxylic acids is 4. The SMILES string of the molecule is CC1CC(C2CC(=O)OC2=O)CC2=C1C(=O)OC2=O.O=C(O)c1ccc(C(=O)O)c(C(=O)O)c1C(=O)O. The van der Waals surface area contributed by atoms with E-state index >= 15 is 0 Å². The van der Waals surface area contributed by atoms with Crippen molar-refractivity contribution in [3.05, 3.63) is 45.5 Å². The van der Waals surface area contributed by atoms with Crippen LogP contribution in [-0.2, 0) is 28.7 Å². The van der Waals surface area contributed by atoms with Gasteiger partial charge >= 0.3 is 47.8 Å². The Kier molecular flexibility index (Phi) is 7.23. The lowest BCUT2D eigenvalue weighted by molar-refractivity contribution is -0.154. The predicted molar refractivity (Wildman–Crippen MR) is 113 cm³/mol. The van der Waals surface area contributed by atoms with Crippen LogP contribution in [0.3, 0.4) is 0 Å². The smallest absolute Gasteiger partial charge is 0.342 e. The molecule has 2 heterocycles. The van der Waals surface area contributed by atoms with Crippen molar-refractivity contribution < 1.29 is 68.3 Å². The van der Waals surface area contributed by atoms with E-state index in [1.807, 2.05) is 6.92 Å². The minimum Gasteiger partial charge on any atom is -0.478 e. The van der Waals surface area contributed by atoms with E-state index in [1.54, 1.807) is 0 Å². The van der Waals surface area contributed by atoms with Crippen LogP contribution in [0.1, 0.15) is 67.6 Å². The number of carboxylic acid groups (broad SMARTS) is 4. The molecule has 14 nitrogen and oxygen atoms in total. The molecule has 4 rings (SSSR count). The number of hydrogen-bond donors (Lipinski definition) is 4. The van der Waals surface area contributed by atoms with Gasteiger partial charge in [-0.15, -0.1) is 0 Å². The maximum Gasteiger partial charge on any atom is 0.342 e. The first-order valence-corrected chi connectivity index (χ1v) is 10.6. The van der Waals surface area contributed by atoms with E-state index in [1.165, 1.54) is 0 Å². The zero-order valence-corrected chi connectivity index (χ0v) is 18.9. The highest BCUT2D eigenvalue weighted by atomic mass is 16.6. The molecule has 1 aromatic carbocycles. The van der Waals surface area contributed by atoms with Crippen LogP contribution in [0.5, 0.6) is 0 Å². The van der Waals surface area contributed by atoms with Crippen molar-refractivity contribution in [1.29, 1.82) is 0 Å². The van der Waals surface area contributed by atoms with Crippen LogP contribution in [0.25, 0.3) is 0 Å². The first-order valence-electron chi connectivity index (χ1n) is 10.6. The molecule has 0 amide bonds. The molecule has 0 bridgehead atoms. The maximum absolute atomic E-state index is 11.6. The fourth-order valence-corrected chi connectivity index (χ4v) is 4.60. The van der Waals surface area contributed by atoms with Gasteiger partial charge in [-0.25, -0.2) is 28.8 Å². The summed E-state index contributed by atoms with van der Waals surface area (Å²) in [5.41, 5.74) is -2.90. The summed E-state index contributed by atoms with van der Waals surface area (Å²) in [7, 11) is 0. The Hall–Kier alpha value is -4.88. The Labute approximate surface area is 206 Å². The summed E-state index contributed by atoms with van der Waals surface area (Å²) in [4.78, 5) is 89.2. The summed E-state index contributed by atoms with van der Waals surface area (Å²) >= 11 is 0. The van der Waals surface area contributed by atoms with Crippen LogP contribution >= 0.6 is 0 Å². The molecule has 4 N–H and O–H groups in total. The summed E-state index contributed by atoms with van der Waals surface area (Å²) < 4.78 is 9.15. The number of benzene rings is 1. The van der Waals surface area contributed by atoms with E-state index in [0.29, 0.717) is 24.0 Å². The molecule has 0 saturated carbocycles. The largest absolute Gasteiger partial charge is 0.478 e. The number of carboxylic acids is 4. The van der Waals surface area contributed by atoms with Crippen LogP contribution in [-0.4, -0.2) is 68.2 Å². The van der Waals surface area contributed by atoms with Crippen molar-refractivity contribution in [3.63, 3.8) is 0 Å². The summed E-state index contributed by atoms with van der Waals surface area (Å²) in [5.74, 6) is -10.0. The molecule has 1 saturated heterocycles. The van der Waals surface area contributed by atoms with Crippen molar-refractivity contribution in [2.75, 3.05) is 0 Å². The first kappa shape index (κ1) is 26.7. The van der Waals surface area contributed by atoms with Gasteiger partial charge in [0.1, 0.15) is 0 Å². The van der Waals surface area contributed by atoms with E-state index in [-0.39, 0.29) is 18.3 Å². The standard InChI is InChI=1S/C13H12O6.C10H6O8/c1-5-2-6(7-4-9(14)18-11(7)15)3-8-10(5)13(17)19-12(8)16;11-7(12)3-1-2-4(8(13)14)6(10(17)18)5(3)9(15)16/h5-7H,2-4H2,1H3;1-2H,(H,11,12)(H,13,14)(H,15,16)(H,17,18). The highest BCUT2D eigenvalue weighted by Gasteiger charge is 2.47. The molecule has 3 aliphatic rings. The lowest BCUT2D eigenvalue weighted by Gasteiger charge is -2.28. The second kappa shape index (κ2) is 10.0. The topological polar surface area (TPSA) is 236 Å². The third-order valence-corrected chi connectivity index (χ3v) is 6.16. The van der Waals surface area contributed by atoms with Crippen LogP contribution in [0.2, 0.25) is 0 Å². The summed E-state index contributed by atoms with van der Waals surface area (Å²) in [5, 5.41) is 35.2. The third kappa shape index (κ3) is 5.07. The lowest BCUT2D eigenvalue weighted by atomic mass is 9.72. The predicted octanol–water partition coefficient (Wildman–Crippen LogP) is 0.982. The molecule has 1 fully saturated rings. The molecule has 0 radical (unpaired) electrons. The first-order chi connectivity index (χ1) is 17.2. The monoisotopic (exact) mass is 518 g/mol. The van der Waals surface area contributed by atoms with Crippen molar-refractivity contribution in [2.24, 2.45) is 17.8 Å². The van der Waals surface area contributed by atoms with Crippen molar-refractivity contribution in [3.8, 4) is 0 Å². The van der Waals surface area contributed by atoms with Crippen LogP contribution in [0, 0.1) is 17.8 Å². The highest BCUT2D eigenvalue weighted by Crippen LogP contribution is 2.43. The fourth-order valence-electron chi connectivity index (χ4n) is 4.60. The number of rotatable bonds is 5. The lowest BCUT2D eigenvalue weighted by Crippen LogP contribution is -2.27.